The molecule has 2 aliphatic heterocycles. The molecule has 0 saturated carbocycles. The zero-order valence-electron chi connectivity index (χ0n) is 20.1. The predicted octanol–water partition coefficient (Wildman–Crippen LogP) is 3.39. The number of allylic oxidation sites excluding steroid dienone is 4. The van der Waals surface area contributed by atoms with Crippen molar-refractivity contribution in [3.63, 3.8) is 0 Å². The number of pyridine rings is 1. The van der Waals surface area contributed by atoms with Crippen molar-refractivity contribution in [1.29, 1.82) is 0 Å². The number of amides is 3. The van der Waals surface area contributed by atoms with Gasteiger partial charge in [0.15, 0.2) is 5.82 Å². The summed E-state index contributed by atoms with van der Waals surface area (Å²) in [6.45, 7) is 1.83. The second kappa shape index (κ2) is 8.54. The van der Waals surface area contributed by atoms with Crippen LogP contribution in [0.2, 0.25) is 0 Å². The van der Waals surface area contributed by atoms with Crippen LogP contribution in [0.4, 0.5) is 17.3 Å². The van der Waals surface area contributed by atoms with Crippen molar-refractivity contribution in [3.05, 3.63) is 83.0 Å². The van der Waals surface area contributed by atoms with E-state index in [1.54, 1.807) is 36.0 Å². The van der Waals surface area contributed by atoms with E-state index >= 15 is 0 Å². The van der Waals surface area contributed by atoms with Crippen LogP contribution in [0.25, 0.3) is 0 Å². The van der Waals surface area contributed by atoms with E-state index < -0.39 is 6.04 Å². The zero-order valence-corrected chi connectivity index (χ0v) is 20.1. The van der Waals surface area contributed by atoms with Crippen LogP contribution in [0.5, 0.6) is 0 Å². The minimum absolute atomic E-state index is 0.0199. The van der Waals surface area contributed by atoms with Gasteiger partial charge >= 0.3 is 0 Å². The summed E-state index contributed by atoms with van der Waals surface area (Å²) in [6, 6.07) is 8.15. The fraction of sp³-hybridized carbons (Fsp3) is 0.259. The lowest BCUT2D eigenvalue weighted by molar-refractivity contribution is -0.119. The summed E-state index contributed by atoms with van der Waals surface area (Å²) in [5.74, 6) is 0.479. The van der Waals surface area contributed by atoms with Gasteiger partial charge in [0.2, 0.25) is 5.91 Å². The Morgan fingerprint density at radius 3 is 2.69 bits per heavy atom. The van der Waals surface area contributed by atoms with Crippen LogP contribution in [0.1, 0.15) is 45.7 Å². The Morgan fingerprint density at radius 2 is 1.91 bits per heavy atom. The van der Waals surface area contributed by atoms with Crippen molar-refractivity contribution in [2.24, 2.45) is 0 Å². The van der Waals surface area contributed by atoms with Crippen LogP contribution in [0.3, 0.4) is 0 Å². The van der Waals surface area contributed by atoms with Gasteiger partial charge in [0.25, 0.3) is 11.8 Å². The largest absolute Gasteiger partial charge is 0.355 e. The third-order valence-corrected chi connectivity index (χ3v) is 6.95. The van der Waals surface area contributed by atoms with Gasteiger partial charge in [-0.15, -0.1) is 0 Å². The topological polar surface area (TPSA) is 85.9 Å². The molecule has 3 heterocycles. The summed E-state index contributed by atoms with van der Waals surface area (Å²) >= 11 is 0. The molecule has 5 rings (SSSR count). The molecule has 0 fully saturated rings. The van der Waals surface area contributed by atoms with Crippen LogP contribution >= 0.6 is 0 Å². The van der Waals surface area contributed by atoms with E-state index in [0.29, 0.717) is 28.5 Å². The van der Waals surface area contributed by atoms with Crippen LogP contribution < -0.4 is 20.0 Å². The highest BCUT2D eigenvalue weighted by molar-refractivity contribution is 6.17. The number of hydrogen-bond acceptors (Lipinski definition) is 5. The highest BCUT2D eigenvalue weighted by Gasteiger charge is 2.43. The highest BCUT2D eigenvalue weighted by Crippen LogP contribution is 2.45. The van der Waals surface area contributed by atoms with Crippen LogP contribution in [0.15, 0.2) is 66.3 Å². The smallest absolute Gasteiger partial charge is 0.261 e. The minimum atomic E-state index is -0.436. The lowest BCUT2D eigenvalue weighted by atomic mass is 9.94. The zero-order chi connectivity index (χ0) is 24.9. The average molecular weight is 470 g/mol. The Balaban J connectivity index is 1.69. The molecule has 8 heteroatoms. The number of hydrogen-bond donors (Lipinski definition) is 1. The monoisotopic (exact) mass is 469 g/mol. The van der Waals surface area contributed by atoms with Crippen molar-refractivity contribution in [2.45, 2.75) is 25.4 Å². The molecule has 35 heavy (non-hydrogen) atoms. The van der Waals surface area contributed by atoms with Crippen molar-refractivity contribution >= 4 is 35.0 Å². The van der Waals surface area contributed by atoms with Gasteiger partial charge in [-0.1, -0.05) is 42.5 Å². The van der Waals surface area contributed by atoms with Crippen LogP contribution in [-0.2, 0) is 4.79 Å². The first-order valence-electron chi connectivity index (χ1n) is 11.6. The van der Waals surface area contributed by atoms with E-state index in [9.17, 15) is 14.4 Å². The first-order chi connectivity index (χ1) is 16.8. The number of nitrogens with one attached hydrogen (secondary N) is 1. The van der Waals surface area contributed by atoms with Crippen LogP contribution in [0, 0.1) is 0 Å². The van der Waals surface area contributed by atoms with Crippen molar-refractivity contribution in [1.82, 2.24) is 10.3 Å². The second-order valence-corrected chi connectivity index (χ2v) is 8.85. The van der Waals surface area contributed by atoms with Gasteiger partial charge in [-0.2, -0.15) is 0 Å². The van der Waals surface area contributed by atoms with Crippen LogP contribution in [-0.4, -0.2) is 49.9 Å². The molecule has 0 saturated heterocycles. The normalized spacial score (nSPS) is 21.0. The Hall–Kier alpha value is -4.20. The molecule has 1 aliphatic carbocycles. The molecular formula is C27H27N5O3. The molecular weight excluding hydrogens is 442 g/mol. The summed E-state index contributed by atoms with van der Waals surface area (Å²) < 4.78 is 0. The minimum Gasteiger partial charge on any atom is -0.355 e. The van der Waals surface area contributed by atoms with Crippen molar-refractivity contribution in [2.75, 3.05) is 35.8 Å². The van der Waals surface area contributed by atoms with E-state index in [0.717, 1.165) is 17.6 Å². The lowest BCUT2D eigenvalue weighted by Crippen LogP contribution is -2.49. The summed E-state index contributed by atoms with van der Waals surface area (Å²) in [5.41, 5.74) is 3.13. The van der Waals surface area contributed by atoms with Gasteiger partial charge in [0.05, 0.1) is 22.9 Å². The molecule has 3 aliphatic rings. The van der Waals surface area contributed by atoms with Gasteiger partial charge in [0.1, 0.15) is 11.9 Å². The number of benzene rings is 1. The molecule has 0 radical (unpaired) electrons. The number of nitrogens with zero attached hydrogens (tertiary/aromatic N) is 4. The molecule has 3 amide bonds. The third-order valence-electron chi connectivity index (χ3n) is 6.95. The van der Waals surface area contributed by atoms with E-state index in [1.165, 1.54) is 0 Å². The van der Waals surface area contributed by atoms with E-state index in [2.05, 4.69) is 11.4 Å². The molecule has 2 unspecified atom stereocenters. The third kappa shape index (κ3) is 3.44. The molecule has 2 atom stereocenters. The van der Waals surface area contributed by atoms with E-state index in [1.807, 2.05) is 61.4 Å². The first-order valence-corrected chi connectivity index (χ1v) is 11.6. The van der Waals surface area contributed by atoms with Gasteiger partial charge in [-0.25, -0.2) is 4.98 Å². The maximum atomic E-state index is 14.0. The molecule has 2 aromatic rings. The van der Waals surface area contributed by atoms with E-state index in [-0.39, 0.29) is 23.8 Å². The maximum absolute atomic E-state index is 14.0. The summed E-state index contributed by atoms with van der Waals surface area (Å²) in [5, 5.41) is 2.64. The number of fused-ring (bicyclic) bond motifs is 2. The average Bonchev–Trinajstić information content (AvgIpc) is 3.02. The number of carbonyl (C=O) groups is 3. The fourth-order valence-electron chi connectivity index (χ4n) is 4.94. The van der Waals surface area contributed by atoms with Gasteiger partial charge in [-0.05, 0) is 42.7 Å². The Labute approximate surface area is 204 Å². The van der Waals surface area contributed by atoms with Gasteiger partial charge in [-0.3, -0.25) is 19.3 Å². The summed E-state index contributed by atoms with van der Waals surface area (Å²) in [6.07, 6.45) is 10.8. The predicted molar refractivity (Wildman–Crippen MR) is 136 cm³/mol. The summed E-state index contributed by atoms with van der Waals surface area (Å²) in [7, 11) is 5.11. The molecule has 1 N–H and O–H groups in total. The maximum Gasteiger partial charge on any atom is 0.261 e. The van der Waals surface area contributed by atoms with Crippen molar-refractivity contribution < 1.29 is 14.4 Å². The Morgan fingerprint density at radius 1 is 1.11 bits per heavy atom. The molecule has 1 aromatic heterocycles. The number of anilines is 3. The summed E-state index contributed by atoms with van der Waals surface area (Å²) in [4.78, 5) is 49.2. The van der Waals surface area contributed by atoms with Crippen molar-refractivity contribution in [3.8, 4) is 0 Å². The fourth-order valence-corrected chi connectivity index (χ4v) is 4.94. The number of carbonyl (C=O) groups excluding carboxylic acids is 3. The quantitative estimate of drug-likeness (QED) is 0.745. The molecule has 0 bridgehead atoms. The number of aromatic nitrogens is 1. The molecule has 8 nitrogen and oxygen atoms in total. The highest BCUT2D eigenvalue weighted by atomic mass is 16.2. The Kier molecular flexibility index (Phi) is 5.51. The van der Waals surface area contributed by atoms with Gasteiger partial charge < -0.3 is 15.1 Å². The van der Waals surface area contributed by atoms with E-state index in [4.69, 9.17) is 4.98 Å². The SMILES string of the molecule is CNC(=O)c1cccc2c1C(=O)N(c1ccc3c(n1)N(C)C(C)C(=O)N3C)C2C1=CCC=CC=C1. The Bertz CT molecular complexity index is 1340. The standard InChI is InChI=1S/C27H27N5O3/c1-16-26(34)31(4)20-14-15-21(29-24(20)30(16)3)32-23(17-10-7-5-6-8-11-17)18-12-9-13-19(25(33)28-2)22(18)27(32)35/h5-7,9-16,23H,8H2,1-4H3,(H,28,33). The molecule has 178 valence electrons. The molecule has 1 aromatic carbocycles. The van der Waals surface area contributed by atoms with Gasteiger partial charge in [0, 0.05) is 21.1 Å². The number of rotatable bonds is 3. The molecule has 0 spiro atoms. The lowest BCUT2D eigenvalue weighted by Gasteiger charge is -2.37. The second-order valence-electron chi connectivity index (χ2n) is 8.85. The first kappa shape index (κ1) is 22.6. The number of likely N-dealkylation sites (N-methyl/N-ethyl adjacent to an activating group) is 2.